The molecular weight excluding hydrogens is 354 g/mol. The van der Waals surface area contributed by atoms with Crippen LogP contribution in [0.1, 0.15) is 45.1 Å². The number of carboxylic acids is 1. The lowest BCUT2D eigenvalue weighted by Gasteiger charge is -2.36. The summed E-state index contributed by atoms with van der Waals surface area (Å²) in [4.78, 5) is 24.9. The monoisotopic (exact) mass is 381 g/mol. The van der Waals surface area contributed by atoms with Crippen molar-refractivity contribution in [1.29, 1.82) is 0 Å². The van der Waals surface area contributed by atoms with E-state index in [4.69, 9.17) is 0 Å². The van der Waals surface area contributed by atoms with Crippen molar-refractivity contribution in [3.63, 3.8) is 0 Å². The molecule has 3 atom stereocenters. The van der Waals surface area contributed by atoms with E-state index in [0.29, 0.717) is 17.5 Å². The van der Waals surface area contributed by atoms with Gasteiger partial charge in [0, 0.05) is 6.20 Å². The van der Waals surface area contributed by atoms with Crippen molar-refractivity contribution in [2.24, 2.45) is 17.3 Å². The van der Waals surface area contributed by atoms with Gasteiger partial charge in [0.2, 0.25) is 5.91 Å². The van der Waals surface area contributed by atoms with Crippen molar-refractivity contribution in [1.82, 2.24) is 9.78 Å². The maximum absolute atomic E-state index is 13.5. The summed E-state index contributed by atoms with van der Waals surface area (Å²) >= 11 is 0. The molecule has 3 unspecified atom stereocenters. The van der Waals surface area contributed by atoms with E-state index >= 15 is 0 Å². The van der Waals surface area contributed by atoms with Crippen molar-refractivity contribution >= 4 is 17.6 Å². The maximum Gasteiger partial charge on any atom is 0.331 e. The average Bonchev–Trinajstić information content (AvgIpc) is 3.39. The Hall–Kier alpha value is -2.63. The van der Waals surface area contributed by atoms with Gasteiger partial charge in [-0.05, 0) is 56.9 Å². The molecule has 0 radical (unpaired) electrons. The Labute approximate surface area is 164 Å². The van der Waals surface area contributed by atoms with Crippen LogP contribution in [0.15, 0.2) is 42.7 Å². The number of carboxylic acid groups (broad SMARTS) is 1. The normalized spacial score (nSPS) is 26.4. The molecule has 2 aromatic rings. The number of hydrogen-bond acceptors (Lipinski definition) is 3. The maximum atomic E-state index is 13.5. The van der Waals surface area contributed by atoms with Crippen LogP contribution in [-0.4, -0.2) is 26.8 Å². The summed E-state index contributed by atoms with van der Waals surface area (Å²) in [6.07, 6.45) is 8.27. The van der Waals surface area contributed by atoms with Crippen LogP contribution in [0, 0.1) is 17.3 Å². The number of aliphatic carboxylic acids is 1. The predicted octanol–water partition coefficient (Wildman–Crippen LogP) is 3.69. The molecule has 2 fully saturated rings. The highest BCUT2D eigenvalue weighted by Gasteiger charge is 2.55. The summed E-state index contributed by atoms with van der Waals surface area (Å²) in [7, 11) is 0. The Kier molecular flexibility index (Phi) is 4.52. The standard InChI is InChI=1S/C22H27N3O3/c1-21(2,20(27)28)25-14-18(13-23-25)24-19(26)22(11-15-6-4-3-5-7-15)12-16-8-9-17(22)10-16/h3-7,13-14,16-17H,8-12H2,1-2H3,(H,24,26)(H,27,28). The molecule has 1 amide bonds. The van der Waals surface area contributed by atoms with Crippen molar-refractivity contribution in [3.05, 3.63) is 48.3 Å². The highest BCUT2D eigenvalue weighted by Crippen LogP contribution is 2.57. The molecule has 1 heterocycles. The molecule has 0 spiro atoms. The molecule has 4 rings (SSSR count). The summed E-state index contributed by atoms with van der Waals surface area (Å²) in [5.41, 5.74) is 0.175. The number of carbonyl (C=O) groups excluding carboxylic acids is 1. The van der Waals surface area contributed by atoms with Crippen LogP contribution in [0.2, 0.25) is 0 Å². The van der Waals surface area contributed by atoms with E-state index < -0.39 is 16.9 Å². The van der Waals surface area contributed by atoms with Crippen LogP contribution in [-0.2, 0) is 21.5 Å². The smallest absolute Gasteiger partial charge is 0.331 e. The van der Waals surface area contributed by atoms with E-state index in [-0.39, 0.29) is 5.91 Å². The summed E-state index contributed by atoms with van der Waals surface area (Å²) < 4.78 is 1.38. The van der Waals surface area contributed by atoms with Gasteiger partial charge in [-0.1, -0.05) is 36.8 Å². The van der Waals surface area contributed by atoms with E-state index in [1.165, 1.54) is 22.9 Å². The molecule has 2 aliphatic carbocycles. The minimum Gasteiger partial charge on any atom is -0.479 e. The van der Waals surface area contributed by atoms with Crippen LogP contribution >= 0.6 is 0 Å². The fraction of sp³-hybridized carbons (Fsp3) is 0.500. The van der Waals surface area contributed by atoms with Crippen molar-refractivity contribution in [2.45, 2.75) is 51.5 Å². The zero-order valence-corrected chi connectivity index (χ0v) is 16.4. The summed E-state index contributed by atoms with van der Waals surface area (Å²) in [5, 5.41) is 16.6. The third-order valence-electron chi connectivity index (χ3n) is 6.73. The molecule has 28 heavy (non-hydrogen) atoms. The first kappa shape index (κ1) is 18.7. The second-order valence-electron chi connectivity index (χ2n) is 8.89. The zero-order chi connectivity index (χ0) is 19.9. The first-order valence-corrected chi connectivity index (χ1v) is 9.95. The Bertz CT molecular complexity index is 889. The van der Waals surface area contributed by atoms with Gasteiger partial charge in [-0.2, -0.15) is 5.10 Å². The Morgan fingerprint density at radius 2 is 2.04 bits per heavy atom. The van der Waals surface area contributed by atoms with Crippen molar-refractivity contribution in [3.8, 4) is 0 Å². The summed E-state index contributed by atoms with van der Waals surface area (Å²) in [6, 6.07) is 10.2. The Balaban J connectivity index is 1.58. The molecule has 1 aromatic carbocycles. The molecule has 0 aliphatic heterocycles. The van der Waals surface area contributed by atoms with Crippen LogP contribution in [0.25, 0.3) is 0 Å². The van der Waals surface area contributed by atoms with Gasteiger partial charge in [-0.15, -0.1) is 0 Å². The number of nitrogens with zero attached hydrogens (tertiary/aromatic N) is 2. The number of rotatable bonds is 6. The van der Waals surface area contributed by atoms with Gasteiger partial charge in [0.25, 0.3) is 0 Å². The molecule has 6 heteroatoms. The third kappa shape index (κ3) is 3.11. The third-order valence-corrected chi connectivity index (χ3v) is 6.73. The number of anilines is 1. The lowest BCUT2D eigenvalue weighted by atomic mass is 9.68. The number of amides is 1. The van der Waals surface area contributed by atoms with Crippen LogP contribution in [0.5, 0.6) is 0 Å². The van der Waals surface area contributed by atoms with Gasteiger partial charge in [0.05, 0.1) is 17.3 Å². The van der Waals surface area contributed by atoms with Gasteiger partial charge in [0.1, 0.15) is 0 Å². The van der Waals surface area contributed by atoms with Gasteiger partial charge in [-0.3, -0.25) is 9.48 Å². The van der Waals surface area contributed by atoms with Gasteiger partial charge in [-0.25, -0.2) is 4.79 Å². The fourth-order valence-electron chi connectivity index (χ4n) is 5.03. The van der Waals surface area contributed by atoms with Crippen LogP contribution in [0.3, 0.4) is 0 Å². The second-order valence-corrected chi connectivity index (χ2v) is 8.89. The number of fused-ring (bicyclic) bond motifs is 2. The minimum atomic E-state index is -1.17. The SMILES string of the molecule is CC(C)(C(=O)O)n1cc(NC(=O)C2(Cc3ccccc3)CC3CCC2C3)cn1. The molecule has 2 bridgehead atoms. The molecule has 148 valence electrons. The molecule has 1 aromatic heterocycles. The predicted molar refractivity (Wildman–Crippen MR) is 106 cm³/mol. The number of carbonyl (C=O) groups is 2. The van der Waals surface area contributed by atoms with Crippen molar-refractivity contribution in [2.75, 3.05) is 5.32 Å². The first-order valence-electron chi connectivity index (χ1n) is 9.95. The topological polar surface area (TPSA) is 84.2 Å². The highest BCUT2D eigenvalue weighted by atomic mass is 16.4. The summed E-state index contributed by atoms with van der Waals surface area (Å²) in [5.74, 6) is 0.106. The van der Waals surface area contributed by atoms with Crippen LogP contribution < -0.4 is 5.32 Å². The highest BCUT2D eigenvalue weighted by molar-refractivity contribution is 5.96. The Morgan fingerprint density at radius 1 is 1.29 bits per heavy atom. The van der Waals surface area contributed by atoms with E-state index in [1.54, 1.807) is 20.0 Å². The Morgan fingerprint density at radius 3 is 2.64 bits per heavy atom. The fourth-order valence-corrected chi connectivity index (χ4v) is 5.03. The van der Waals surface area contributed by atoms with Gasteiger partial charge in [0.15, 0.2) is 5.54 Å². The second kappa shape index (κ2) is 6.76. The first-order chi connectivity index (χ1) is 13.3. The lowest BCUT2D eigenvalue weighted by Crippen LogP contribution is -2.42. The zero-order valence-electron chi connectivity index (χ0n) is 16.4. The van der Waals surface area contributed by atoms with Crippen LogP contribution in [0.4, 0.5) is 5.69 Å². The lowest BCUT2D eigenvalue weighted by molar-refractivity contribution is -0.146. The van der Waals surface area contributed by atoms with Crippen molar-refractivity contribution < 1.29 is 14.7 Å². The molecule has 2 saturated carbocycles. The molecular formula is C22H27N3O3. The van der Waals surface area contributed by atoms with E-state index in [9.17, 15) is 14.7 Å². The number of aromatic nitrogens is 2. The number of hydrogen-bond donors (Lipinski definition) is 2. The summed E-state index contributed by atoms with van der Waals surface area (Å²) in [6.45, 7) is 3.17. The van der Waals surface area contributed by atoms with E-state index in [2.05, 4.69) is 22.5 Å². The van der Waals surface area contributed by atoms with Gasteiger partial charge < -0.3 is 10.4 Å². The van der Waals surface area contributed by atoms with E-state index in [1.807, 2.05) is 18.2 Å². The largest absolute Gasteiger partial charge is 0.479 e. The molecule has 2 aliphatic rings. The number of nitrogens with one attached hydrogen (secondary N) is 1. The quantitative estimate of drug-likeness (QED) is 0.799. The molecule has 2 N–H and O–H groups in total. The average molecular weight is 381 g/mol. The van der Waals surface area contributed by atoms with E-state index in [0.717, 1.165) is 25.7 Å². The molecule has 0 saturated heterocycles. The number of benzene rings is 1. The van der Waals surface area contributed by atoms with Gasteiger partial charge >= 0.3 is 5.97 Å². The molecule has 6 nitrogen and oxygen atoms in total. The minimum absolute atomic E-state index is 0.0382.